The van der Waals surface area contributed by atoms with E-state index in [1.807, 2.05) is 6.92 Å². The van der Waals surface area contributed by atoms with Crippen LogP contribution in [0.4, 0.5) is 0 Å². The molecule has 0 radical (unpaired) electrons. The third-order valence-corrected chi connectivity index (χ3v) is 4.41. The SMILES string of the molecule is CCOC(=O)C(C)(N)CC(C)Sc1n[nH]c(=O)n1C1CC1. The minimum atomic E-state index is -1.04. The Balaban J connectivity index is 2.00. The molecule has 1 heterocycles. The molecule has 0 saturated heterocycles. The topological polar surface area (TPSA) is 103 Å². The van der Waals surface area contributed by atoms with Gasteiger partial charge in [-0.3, -0.25) is 9.36 Å². The molecule has 2 rings (SSSR count). The van der Waals surface area contributed by atoms with Crippen molar-refractivity contribution in [3.8, 4) is 0 Å². The number of rotatable bonds is 7. The van der Waals surface area contributed by atoms with Crippen molar-refractivity contribution in [3.05, 3.63) is 10.5 Å². The average Bonchev–Trinajstić information content (AvgIpc) is 3.15. The Morgan fingerprint density at radius 1 is 1.67 bits per heavy atom. The maximum atomic E-state index is 11.8. The highest BCUT2D eigenvalue weighted by Gasteiger charge is 2.34. The molecule has 0 amide bonds. The highest BCUT2D eigenvalue weighted by atomic mass is 32.2. The molecule has 1 saturated carbocycles. The lowest BCUT2D eigenvalue weighted by atomic mass is 9.98. The Morgan fingerprint density at radius 2 is 2.33 bits per heavy atom. The molecular formula is C13H22N4O3S. The van der Waals surface area contributed by atoms with E-state index in [9.17, 15) is 9.59 Å². The van der Waals surface area contributed by atoms with E-state index >= 15 is 0 Å². The van der Waals surface area contributed by atoms with Gasteiger partial charge in [0.2, 0.25) is 0 Å². The number of aromatic nitrogens is 3. The number of nitrogens with two attached hydrogens (primary N) is 1. The lowest BCUT2D eigenvalue weighted by molar-refractivity contribution is -0.149. The molecule has 1 aliphatic rings. The molecule has 1 aliphatic carbocycles. The third-order valence-electron chi connectivity index (χ3n) is 3.34. The van der Waals surface area contributed by atoms with Crippen LogP contribution in [0, 0.1) is 0 Å². The van der Waals surface area contributed by atoms with Crippen LogP contribution in [0.3, 0.4) is 0 Å². The number of esters is 1. The summed E-state index contributed by atoms with van der Waals surface area (Å²) in [6, 6.07) is 0.264. The van der Waals surface area contributed by atoms with Crippen molar-refractivity contribution < 1.29 is 9.53 Å². The summed E-state index contributed by atoms with van der Waals surface area (Å²) in [7, 11) is 0. The van der Waals surface area contributed by atoms with Gasteiger partial charge in [0, 0.05) is 11.3 Å². The van der Waals surface area contributed by atoms with E-state index in [0.29, 0.717) is 18.2 Å². The zero-order valence-corrected chi connectivity index (χ0v) is 13.4. The van der Waals surface area contributed by atoms with E-state index in [0.717, 1.165) is 12.8 Å². The second-order valence-corrected chi connectivity index (χ2v) is 7.09. The summed E-state index contributed by atoms with van der Waals surface area (Å²) < 4.78 is 6.68. The van der Waals surface area contributed by atoms with Crippen LogP contribution < -0.4 is 11.4 Å². The number of hydrogen-bond donors (Lipinski definition) is 2. The molecule has 0 bridgehead atoms. The first-order chi connectivity index (χ1) is 9.85. The normalized spacial score (nSPS) is 19.0. The van der Waals surface area contributed by atoms with Crippen molar-refractivity contribution >= 4 is 17.7 Å². The maximum absolute atomic E-state index is 11.8. The van der Waals surface area contributed by atoms with E-state index in [1.165, 1.54) is 11.8 Å². The van der Waals surface area contributed by atoms with Crippen LogP contribution in [-0.2, 0) is 9.53 Å². The Bertz CT molecular complexity index is 562. The fourth-order valence-corrected chi connectivity index (χ4v) is 3.46. The number of nitrogens with one attached hydrogen (secondary N) is 1. The van der Waals surface area contributed by atoms with Crippen molar-refractivity contribution in [2.24, 2.45) is 5.73 Å². The molecular weight excluding hydrogens is 292 g/mol. The largest absolute Gasteiger partial charge is 0.465 e. The molecule has 0 aliphatic heterocycles. The summed E-state index contributed by atoms with van der Waals surface area (Å²) in [5.74, 6) is -0.404. The highest BCUT2D eigenvalue weighted by molar-refractivity contribution is 7.99. The smallest absolute Gasteiger partial charge is 0.344 e. The molecule has 0 spiro atoms. The van der Waals surface area contributed by atoms with E-state index in [1.54, 1.807) is 18.4 Å². The number of thioether (sulfide) groups is 1. The minimum Gasteiger partial charge on any atom is -0.465 e. The zero-order valence-electron chi connectivity index (χ0n) is 12.6. The average molecular weight is 314 g/mol. The van der Waals surface area contributed by atoms with Crippen molar-refractivity contribution in [2.75, 3.05) is 6.61 Å². The summed E-state index contributed by atoms with van der Waals surface area (Å²) in [5, 5.41) is 7.24. The molecule has 2 unspecified atom stereocenters. The molecule has 2 atom stereocenters. The fraction of sp³-hybridized carbons (Fsp3) is 0.769. The van der Waals surface area contributed by atoms with Crippen LogP contribution in [-0.4, -0.2) is 38.1 Å². The number of carbonyl (C=O) groups is 1. The second kappa shape index (κ2) is 6.23. The number of ether oxygens (including phenoxy) is 1. The van der Waals surface area contributed by atoms with Gasteiger partial charge < -0.3 is 10.5 Å². The van der Waals surface area contributed by atoms with Crippen molar-refractivity contribution in [1.82, 2.24) is 14.8 Å². The first-order valence-corrected chi connectivity index (χ1v) is 8.02. The lowest BCUT2D eigenvalue weighted by Gasteiger charge is -2.25. The zero-order chi connectivity index (χ0) is 15.6. The quantitative estimate of drug-likeness (QED) is 0.576. The number of hydrogen-bond acceptors (Lipinski definition) is 6. The molecule has 3 N–H and O–H groups in total. The van der Waals surface area contributed by atoms with Crippen LogP contribution in [0.2, 0.25) is 0 Å². The Morgan fingerprint density at radius 3 is 2.90 bits per heavy atom. The summed E-state index contributed by atoms with van der Waals surface area (Å²) >= 11 is 1.45. The van der Waals surface area contributed by atoms with Gasteiger partial charge >= 0.3 is 11.7 Å². The molecule has 1 aromatic rings. The fourth-order valence-electron chi connectivity index (χ4n) is 2.23. The third kappa shape index (κ3) is 3.88. The molecule has 1 aromatic heterocycles. The Hall–Kier alpha value is -1.28. The van der Waals surface area contributed by atoms with Crippen LogP contribution in [0.25, 0.3) is 0 Å². The van der Waals surface area contributed by atoms with Crippen LogP contribution in [0.5, 0.6) is 0 Å². The number of aromatic amines is 1. The summed E-state index contributed by atoms with van der Waals surface area (Å²) in [4.78, 5) is 23.5. The Kier molecular flexibility index (Phi) is 4.77. The van der Waals surface area contributed by atoms with Crippen LogP contribution >= 0.6 is 11.8 Å². The number of nitrogens with zero attached hydrogens (tertiary/aromatic N) is 2. The molecule has 1 fully saturated rings. The van der Waals surface area contributed by atoms with E-state index in [2.05, 4.69) is 10.2 Å². The monoisotopic (exact) mass is 314 g/mol. The van der Waals surface area contributed by atoms with Gasteiger partial charge in [-0.1, -0.05) is 18.7 Å². The lowest BCUT2D eigenvalue weighted by Crippen LogP contribution is -2.47. The molecule has 8 heteroatoms. The van der Waals surface area contributed by atoms with Gasteiger partial charge in [-0.2, -0.15) is 0 Å². The second-order valence-electron chi connectivity index (χ2n) is 5.68. The van der Waals surface area contributed by atoms with Gasteiger partial charge in [0.1, 0.15) is 5.54 Å². The molecule has 21 heavy (non-hydrogen) atoms. The van der Waals surface area contributed by atoms with Gasteiger partial charge in [0.05, 0.1) is 6.61 Å². The molecule has 118 valence electrons. The number of H-pyrrole nitrogens is 1. The van der Waals surface area contributed by atoms with Gasteiger partial charge in [-0.15, -0.1) is 5.10 Å². The predicted molar refractivity (Wildman–Crippen MR) is 80.3 cm³/mol. The number of carbonyl (C=O) groups excluding carboxylic acids is 1. The maximum Gasteiger partial charge on any atom is 0.344 e. The van der Waals surface area contributed by atoms with E-state index < -0.39 is 11.5 Å². The summed E-state index contributed by atoms with van der Waals surface area (Å²) in [5.41, 5.74) is 4.82. The van der Waals surface area contributed by atoms with Gasteiger partial charge in [0.25, 0.3) is 0 Å². The van der Waals surface area contributed by atoms with E-state index in [4.69, 9.17) is 10.5 Å². The van der Waals surface area contributed by atoms with Gasteiger partial charge in [-0.05, 0) is 33.1 Å². The van der Waals surface area contributed by atoms with Crippen molar-refractivity contribution in [3.63, 3.8) is 0 Å². The summed E-state index contributed by atoms with van der Waals surface area (Å²) in [6.07, 6.45) is 2.47. The summed E-state index contributed by atoms with van der Waals surface area (Å²) in [6.45, 7) is 5.70. The van der Waals surface area contributed by atoms with Crippen LogP contribution in [0.1, 0.15) is 46.1 Å². The predicted octanol–water partition coefficient (Wildman–Crippen LogP) is 1.06. The van der Waals surface area contributed by atoms with Gasteiger partial charge in [0.15, 0.2) is 5.16 Å². The first-order valence-electron chi connectivity index (χ1n) is 7.14. The first kappa shape index (κ1) is 16.1. The molecule has 7 nitrogen and oxygen atoms in total. The van der Waals surface area contributed by atoms with Crippen LogP contribution in [0.15, 0.2) is 9.95 Å². The van der Waals surface area contributed by atoms with E-state index in [-0.39, 0.29) is 17.0 Å². The van der Waals surface area contributed by atoms with Gasteiger partial charge in [-0.25, -0.2) is 9.89 Å². The molecule has 0 aromatic carbocycles. The van der Waals surface area contributed by atoms with Crippen molar-refractivity contribution in [2.45, 2.75) is 62.0 Å². The highest BCUT2D eigenvalue weighted by Crippen LogP contribution is 2.37. The Labute approximate surface area is 127 Å². The minimum absolute atomic E-state index is 0.0390. The standard InChI is InChI=1S/C13H22N4O3S/c1-4-20-10(18)13(3,14)7-8(2)21-12-16-15-11(19)17(12)9-5-6-9/h8-9H,4-7,14H2,1-3H3,(H,15,19). The van der Waals surface area contributed by atoms with Crippen molar-refractivity contribution in [1.29, 1.82) is 0 Å².